The van der Waals surface area contributed by atoms with Crippen LogP contribution < -0.4 is 4.74 Å². The second-order valence-corrected chi connectivity index (χ2v) is 5.98. The second kappa shape index (κ2) is 6.86. The summed E-state index contributed by atoms with van der Waals surface area (Å²) in [5.41, 5.74) is 1.81. The van der Waals surface area contributed by atoms with Gasteiger partial charge in [0.25, 0.3) is 0 Å². The van der Waals surface area contributed by atoms with Gasteiger partial charge in [-0.1, -0.05) is 23.4 Å². The molecule has 0 spiro atoms. The van der Waals surface area contributed by atoms with Crippen molar-refractivity contribution in [3.8, 4) is 5.75 Å². The Bertz CT molecular complexity index is 622. The van der Waals surface area contributed by atoms with Crippen LogP contribution >= 0.6 is 0 Å². The minimum absolute atomic E-state index is 0.113. The summed E-state index contributed by atoms with van der Waals surface area (Å²) in [7, 11) is 1.65. The minimum atomic E-state index is -0.113. The Labute approximate surface area is 136 Å². The Balaban J connectivity index is 1.63. The zero-order valence-electron chi connectivity index (χ0n) is 13.4. The number of ether oxygens (including phenoxy) is 1. The lowest BCUT2D eigenvalue weighted by Crippen LogP contribution is -2.38. The molecule has 0 N–H and O–H groups in total. The van der Waals surface area contributed by atoms with Gasteiger partial charge < -0.3 is 14.5 Å². The lowest BCUT2D eigenvalue weighted by molar-refractivity contribution is -0.133. The quantitative estimate of drug-likeness (QED) is 0.727. The van der Waals surface area contributed by atoms with Crippen LogP contribution in [0.3, 0.4) is 0 Å². The highest BCUT2D eigenvalue weighted by Gasteiger charge is 2.35. The number of para-hydroxylation sites is 1. The Hall–Kier alpha value is -2.30. The van der Waals surface area contributed by atoms with Gasteiger partial charge in [0.05, 0.1) is 19.4 Å². The number of nitrogens with zero attached hydrogens (tertiary/aromatic N) is 2. The van der Waals surface area contributed by atoms with E-state index in [1.807, 2.05) is 29.2 Å². The maximum atomic E-state index is 12.3. The molecule has 1 aliphatic heterocycles. The standard InChI is InChI=1S/C18H22N2O3/c1-3-10-20(18(21)13-8-9-13)12-14-11-16(19-23-14)15-6-4-5-7-17(15)22-2/h3-7,13-14H,1,8-12H2,2H3/t14-/m0/s1. The Morgan fingerprint density at radius 1 is 1.48 bits per heavy atom. The van der Waals surface area contributed by atoms with Crippen molar-refractivity contribution in [3.05, 3.63) is 42.5 Å². The van der Waals surface area contributed by atoms with Crippen molar-refractivity contribution in [3.63, 3.8) is 0 Å². The highest BCUT2D eigenvalue weighted by molar-refractivity contribution is 6.03. The molecule has 5 heteroatoms. The average molecular weight is 314 g/mol. The van der Waals surface area contributed by atoms with Crippen molar-refractivity contribution < 1.29 is 14.4 Å². The van der Waals surface area contributed by atoms with Gasteiger partial charge in [-0.05, 0) is 25.0 Å². The summed E-state index contributed by atoms with van der Waals surface area (Å²) < 4.78 is 5.38. The smallest absolute Gasteiger partial charge is 0.226 e. The summed E-state index contributed by atoms with van der Waals surface area (Å²) >= 11 is 0. The number of methoxy groups -OCH3 is 1. The number of hydrogen-bond donors (Lipinski definition) is 0. The van der Waals surface area contributed by atoms with Gasteiger partial charge in [-0.3, -0.25) is 4.79 Å². The van der Waals surface area contributed by atoms with Crippen LogP contribution in [-0.2, 0) is 9.63 Å². The van der Waals surface area contributed by atoms with Crippen LogP contribution in [0.5, 0.6) is 5.75 Å². The maximum Gasteiger partial charge on any atom is 0.226 e. The second-order valence-electron chi connectivity index (χ2n) is 5.98. The van der Waals surface area contributed by atoms with Crippen LogP contribution in [0.15, 0.2) is 42.1 Å². The van der Waals surface area contributed by atoms with Crippen molar-refractivity contribution in [2.45, 2.75) is 25.4 Å². The number of rotatable bonds is 7. The molecule has 1 amide bonds. The predicted octanol–water partition coefficient (Wildman–Crippen LogP) is 2.61. The first-order chi connectivity index (χ1) is 11.2. The molecule has 2 aliphatic rings. The number of hydrogen-bond acceptors (Lipinski definition) is 4. The van der Waals surface area contributed by atoms with Crippen molar-refractivity contribution in [2.75, 3.05) is 20.2 Å². The van der Waals surface area contributed by atoms with E-state index in [4.69, 9.17) is 9.57 Å². The van der Waals surface area contributed by atoms with E-state index in [1.54, 1.807) is 13.2 Å². The van der Waals surface area contributed by atoms with E-state index in [9.17, 15) is 4.79 Å². The Morgan fingerprint density at radius 2 is 2.26 bits per heavy atom. The molecule has 1 fully saturated rings. The summed E-state index contributed by atoms with van der Waals surface area (Å²) in [4.78, 5) is 19.7. The van der Waals surface area contributed by atoms with Crippen molar-refractivity contribution >= 4 is 11.6 Å². The van der Waals surface area contributed by atoms with Crippen LogP contribution in [0.2, 0.25) is 0 Å². The van der Waals surface area contributed by atoms with E-state index in [0.717, 1.165) is 29.9 Å². The van der Waals surface area contributed by atoms with Crippen LogP contribution in [0.1, 0.15) is 24.8 Å². The van der Waals surface area contributed by atoms with Gasteiger partial charge in [-0.25, -0.2) is 0 Å². The molecule has 122 valence electrons. The monoisotopic (exact) mass is 314 g/mol. The van der Waals surface area contributed by atoms with Crippen LogP contribution in [0, 0.1) is 5.92 Å². The molecule has 5 nitrogen and oxygen atoms in total. The van der Waals surface area contributed by atoms with Crippen molar-refractivity contribution in [1.82, 2.24) is 4.90 Å². The molecule has 0 bridgehead atoms. The predicted molar refractivity (Wildman–Crippen MR) is 88.5 cm³/mol. The van der Waals surface area contributed by atoms with E-state index >= 15 is 0 Å². The Morgan fingerprint density at radius 3 is 2.96 bits per heavy atom. The van der Waals surface area contributed by atoms with Gasteiger partial charge in [0.1, 0.15) is 5.75 Å². The molecular weight excluding hydrogens is 292 g/mol. The molecule has 1 heterocycles. The maximum absolute atomic E-state index is 12.3. The zero-order chi connectivity index (χ0) is 16.2. The molecule has 0 saturated heterocycles. The van der Waals surface area contributed by atoms with Gasteiger partial charge >= 0.3 is 0 Å². The first kappa shape index (κ1) is 15.6. The van der Waals surface area contributed by atoms with E-state index in [-0.39, 0.29) is 17.9 Å². The molecule has 0 unspecified atom stereocenters. The SMILES string of the molecule is C=CCN(C[C@@H]1CC(c2ccccc2OC)=NO1)C(=O)C1CC1. The number of oxime groups is 1. The number of benzene rings is 1. The minimum Gasteiger partial charge on any atom is -0.496 e. The molecule has 23 heavy (non-hydrogen) atoms. The van der Waals surface area contributed by atoms with Crippen molar-refractivity contribution in [2.24, 2.45) is 11.1 Å². The normalized spacial score (nSPS) is 19.7. The first-order valence-corrected chi connectivity index (χ1v) is 7.98. The summed E-state index contributed by atoms with van der Waals surface area (Å²) in [5, 5.41) is 4.20. The topological polar surface area (TPSA) is 51.1 Å². The number of carbonyl (C=O) groups excluding carboxylic acids is 1. The molecular formula is C18H22N2O3. The van der Waals surface area contributed by atoms with Crippen LogP contribution in [0.25, 0.3) is 0 Å². The van der Waals surface area contributed by atoms with Crippen LogP contribution in [0.4, 0.5) is 0 Å². The lowest BCUT2D eigenvalue weighted by Gasteiger charge is -2.23. The zero-order valence-corrected chi connectivity index (χ0v) is 13.4. The van der Waals surface area contributed by atoms with E-state index in [1.165, 1.54) is 0 Å². The van der Waals surface area contributed by atoms with Gasteiger partial charge in [0, 0.05) is 24.4 Å². The van der Waals surface area contributed by atoms with Gasteiger partial charge in [-0.2, -0.15) is 0 Å². The highest BCUT2D eigenvalue weighted by Crippen LogP contribution is 2.31. The third kappa shape index (κ3) is 3.55. The van der Waals surface area contributed by atoms with Crippen LogP contribution in [-0.4, -0.2) is 42.8 Å². The molecule has 1 aliphatic carbocycles. The van der Waals surface area contributed by atoms with E-state index in [0.29, 0.717) is 19.5 Å². The molecule has 1 atom stereocenters. The van der Waals surface area contributed by atoms with Crippen molar-refractivity contribution in [1.29, 1.82) is 0 Å². The lowest BCUT2D eigenvalue weighted by atomic mass is 10.0. The molecule has 0 radical (unpaired) electrons. The average Bonchev–Trinajstić information content (AvgIpc) is 3.33. The molecule has 0 aromatic heterocycles. The Kier molecular flexibility index (Phi) is 4.65. The van der Waals surface area contributed by atoms with E-state index < -0.39 is 0 Å². The summed E-state index contributed by atoms with van der Waals surface area (Å²) in [6.45, 7) is 4.84. The van der Waals surface area contributed by atoms with Gasteiger partial charge in [-0.15, -0.1) is 6.58 Å². The van der Waals surface area contributed by atoms with Gasteiger partial charge in [0.2, 0.25) is 5.91 Å². The fourth-order valence-electron chi connectivity index (χ4n) is 2.81. The fraction of sp³-hybridized carbons (Fsp3) is 0.444. The molecule has 3 rings (SSSR count). The number of carbonyl (C=O) groups is 1. The molecule has 1 aromatic rings. The molecule has 1 saturated carbocycles. The largest absolute Gasteiger partial charge is 0.496 e. The summed E-state index contributed by atoms with van der Waals surface area (Å²) in [6.07, 6.45) is 4.32. The third-order valence-corrected chi connectivity index (χ3v) is 4.16. The van der Waals surface area contributed by atoms with Gasteiger partial charge in [0.15, 0.2) is 6.10 Å². The number of amides is 1. The third-order valence-electron chi connectivity index (χ3n) is 4.16. The summed E-state index contributed by atoms with van der Waals surface area (Å²) in [5.74, 6) is 1.19. The molecule has 1 aromatic carbocycles. The summed E-state index contributed by atoms with van der Waals surface area (Å²) in [6, 6.07) is 7.76. The highest BCUT2D eigenvalue weighted by atomic mass is 16.6. The fourth-order valence-corrected chi connectivity index (χ4v) is 2.81. The first-order valence-electron chi connectivity index (χ1n) is 7.98. The van der Waals surface area contributed by atoms with E-state index in [2.05, 4.69) is 11.7 Å².